The second kappa shape index (κ2) is 4.82. The van der Waals surface area contributed by atoms with Gasteiger partial charge >= 0.3 is 0 Å². The highest BCUT2D eigenvalue weighted by Gasteiger charge is 2.28. The van der Waals surface area contributed by atoms with Gasteiger partial charge in [-0.05, 0) is 23.8 Å². The number of hydrogen-bond donors (Lipinski definition) is 1. The Morgan fingerprint density at radius 1 is 1.24 bits per heavy atom. The summed E-state index contributed by atoms with van der Waals surface area (Å²) in [5.41, 5.74) is 0.251. The molecule has 2 nitrogen and oxygen atoms in total. The summed E-state index contributed by atoms with van der Waals surface area (Å²) in [5.74, 6) is 0. The Morgan fingerprint density at radius 2 is 2.00 bits per heavy atom. The van der Waals surface area contributed by atoms with E-state index in [1.165, 1.54) is 6.08 Å². The van der Waals surface area contributed by atoms with Crippen molar-refractivity contribution in [1.82, 2.24) is 4.98 Å². The van der Waals surface area contributed by atoms with E-state index in [9.17, 15) is 5.11 Å². The maximum Gasteiger partial charge on any atom is 0.134 e. The van der Waals surface area contributed by atoms with Crippen LogP contribution in [0.15, 0.2) is 65.9 Å². The Hall–Kier alpha value is -1.45. The second-order valence-electron chi connectivity index (χ2n) is 3.72. The molecule has 0 spiro atoms. The SMILES string of the molecule is C=C[C@@](O)(c1cccnc1)c1cccc(Br)c1. The van der Waals surface area contributed by atoms with E-state index >= 15 is 0 Å². The minimum atomic E-state index is -1.21. The maximum absolute atomic E-state index is 10.7. The molecule has 0 unspecified atom stereocenters. The van der Waals surface area contributed by atoms with Gasteiger partial charge in [-0.1, -0.05) is 46.8 Å². The van der Waals surface area contributed by atoms with E-state index in [2.05, 4.69) is 27.5 Å². The Kier molecular flexibility index (Phi) is 3.41. The lowest BCUT2D eigenvalue weighted by atomic mass is 9.87. The first-order valence-electron chi connectivity index (χ1n) is 5.19. The molecule has 0 aliphatic carbocycles. The molecule has 0 amide bonds. The third kappa shape index (κ3) is 2.30. The molecule has 0 saturated carbocycles. The minimum Gasteiger partial charge on any atom is -0.377 e. The molecule has 0 aliphatic rings. The zero-order valence-electron chi connectivity index (χ0n) is 9.18. The fourth-order valence-electron chi connectivity index (χ4n) is 1.72. The number of nitrogens with zero attached hydrogens (tertiary/aromatic N) is 1. The molecule has 1 N–H and O–H groups in total. The van der Waals surface area contributed by atoms with Crippen LogP contribution in [-0.4, -0.2) is 10.1 Å². The fourth-order valence-corrected chi connectivity index (χ4v) is 2.12. The first-order chi connectivity index (χ1) is 8.16. The monoisotopic (exact) mass is 289 g/mol. The highest BCUT2D eigenvalue weighted by atomic mass is 79.9. The van der Waals surface area contributed by atoms with Crippen LogP contribution in [0.4, 0.5) is 0 Å². The summed E-state index contributed by atoms with van der Waals surface area (Å²) in [4.78, 5) is 4.03. The summed E-state index contributed by atoms with van der Waals surface area (Å²) >= 11 is 3.40. The van der Waals surface area contributed by atoms with Crippen molar-refractivity contribution in [1.29, 1.82) is 0 Å². The second-order valence-corrected chi connectivity index (χ2v) is 4.64. The van der Waals surface area contributed by atoms with E-state index in [0.717, 1.165) is 10.0 Å². The fraction of sp³-hybridized carbons (Fsp3) is 0.0714. The van der Waals surface area contributed by atoms with Gasteiger partial charge in [-0.3, -0.25) is 4.98 Å². The van der Waals surface area contributed by atoms with E-state index in [1.807, 2.05) is 30.3 Å². The molecular weight excluding hydrogens is 278 g/mol. The molecule has 0 radical (unpaired) electrons. The number of aromatic nitrogens is 1. The number of halogens is 1. The number of rotatable bonds is 3. The van der Waals surface area contributed by atoms with Gasteiger partial charge in [0.2, 0.25) is 0 Å². The average Bonchev–Trinajstić information content (AvgIpc) is 2.39. The van der Waals surface area contributed by atoms with E-state index < -0.39 is 5.60 Å². The van der Waals surface area contributed by atoms with Crippen molar-refractivity contribution >= 4 is 15.9 Å². The average molecular weight is 290 g/mol. The Balaban J connectivity index is 2.56. The largest absolute Gasteiger partial charge is 0.377 e. The molecule has 17 heavy (non-hydrogen) atoms. The summed E-state index contributed by atoms with van der Waals surface area (Å²) in [6, 6.07) is 11.1. The van der Waals surface area contributed by atoms with E-state index in [1.54, 1.807) is 18.5 Å². The van der Waals surface area contributed by atoms with Crippen LogP contribution >= 0.6 is 15.9 Å². The van der Waals surface area contributed by atoms with Gasteiger partial charge < -0.3 is 5.11 Å². The third-order valence-corrected chi connectivity index (χ3v) is 3.16. The highest BCUT2D eigenvalue weighted by molar-refractivity contribution is 9.10. The molecule has 1 aromatic carbocycles. The standard InChI is InChI=1S/C14H12BrNO/c1-2-14(17,12-6-4-8-16-10-12)11-5-3-7-13(15)9-11/h2-10,17H,1H2/t14-/m0/s1. The van der Waals surface area contributed by atoms with Crippen molar-refractivity contribution in [3.05, 3.63) is 77.0 Å². The first kappa shape index (κ1) is 12.0. The van der Waals surface area contributed by atoms with Gasteiger partial charge in [0.05, 0.1) is 0 Å². The van der Waals surface area contributed by atoms with E-state index in [4.69, 9.17) is 0 Å². The predicted octanol–water partition coefficient (Wildman–Crippen LogP) is 3.27. The van der Waals surface area contributed by atoms with E-state index in [0.29, 0.717) is 5.56 Å². The molecule has 1 atom stereocenters. The summed E-state index contributed by atoms with van der Waals surface area (Å²) in [6.07, 6.45) is 4.84. The van der Waals surface area contributed by atoms with Crippen molar-refractivity contribution in [3.63, 3.8) is 0 Å². The zero-order chi connectivity index (χ0) is 12.3. The Labute approximate surface area is 109 Å². The lowest BCUT2D eigenvalue weighted by molar-refractivity contribution is 0.134. The molecule has 1 aromatic heterocycles. The molecule has 0 fully saturated rings. The van der Waals surface area contributed by atoms with E-state index in [-0.39, 0.29) is 0 Å². The van der Waals surface area contributed by atoms with Gasteiger partial charge in [-0.2, -0.15) is 0 Å². The molecule has 1 heterocycles. The van der Waals surface area contributed by atoms with Gasteiger partial charge in [-0.15, -0.1) is 0 Å². The normalized spacial score (nSPS) is 14.0. The summed E-state index contributed by atoms with van der Waals surface area (Å²) in [5, 5.41) is 10.7. The number of aliphatic hydroxyl groups is 1. The van der Waals surface area contributed by atoms with Crippen molar-refractivity contribution in [2.24, 2.45) is 0 Å². The van der Waals surface area contributed by atoms with Gasteiger partial charge in [0.25, 0.3) is 0 Å². The first-order valence-corrected chi connectivity index (χ1v) is 5.98. The quantitative estimate of drug-likeness (QED) is 0.880. The van der Waals surface area contributed by atoms with Crippen LogP contribution in [0.2, 0.25) is 0 Å². The van der Waals surface area contributed by atoms with Crippen LogP contribution in [-0.2, 0) is 5.60 Å². The Morgan fingerprint density at radius 3 is 2.59 bits per heavy atom. The maximum atomic E-state index is 10.7. The zero-order valence-corrected chi connectivity index (χ0v) is 10.8. The van der Waals surface area contributed by atoms with Crippen molar-refractivity contribution in [3.8, 4) is 0 Å². The van der Waals surface area contributed by atoms with Gasteiger partial charge in [0.15, 0.2) is 0 Å². The number of hydrogen-bond acceptors (Lipinski definition) is 2. The van der Waals surface area contributed by atoms with Crippen molar-refractivity contribution in [2.75, 3.05) is 0 Å². The molecule has 0 bridgehead atoms. The van der Waals surface area contributed by atoms with Crippen LogP contribution in [0.1, 0.15) is 11.1 Å². The van der Waals surface area contributed by atoms with Gasteiger partial charge in [-0.25, -0.2) is 0 Å². The summed E-state index contributed by atoms with van der Waals surface area (Å²) in [6.45, 7) is 3.72. The molecule has 2 aromatic rings. The lowest BCUT2D eigenvalue weighted by Crippen LogP contribution is -2.24. The molecule has 3 heteroatoms. The van der Waals surface area contributed by atoms with Crippen LogP contribution in [0.5, 0.6) is 0 Å². The van der Waals surface area contributed by atoms with Crippen LogP contribution in [0.3, 0.4) is 0 Å². The van der Waals surface area contributed by atoms with Gasteiger partial charge in [0, 0.05) is 22.4 Å². The molecule has 0 aliphatic heterocycles. The highest BCUT2D eigenvalue weighted by Crippen LogP contribution is 2.31. The predicted molar refractivity (Wildman–Crippen MR) is 71.6 cm³/mol. The number of benzene rings is 1. The molecule has 0 saturated heterocycles. The molecular formula is C14H12BrNO. The van der Waals surface area contributed by atoms with Crippen LogP contribution in [0.25, 0.3) is 0 Å². The molecule has 86 valence electrons. The minimum absolute atomic E-state index is 0.702. The van der Waals surface area contributed by atoms with Crippen LogP contribution < -0.4 is 0 Å². The Bertz CT molecular complexity index is 527. The van der Waals surface area contributed by atoms with Gasteiger partial charge in [0.1, 0.15) is 5.60 Å². The third-order valence-electron chi connectivity index (χ3n) is 2.66. The van der Waals surface area contributed by atoms with Crippen LogP contribution in [0, 0.1) is 0 Å². The lowest BCUT2D eigenvalue weighted by Gasteiger charge is -2.25. The summed E-state index contributed by atoms with van der Waals surface area (Å²) < 4.78 is 0.916. The smallest absolute Gasteiger partial charge is 0.134 e. The topological polar surface area (TPSA) is 33.1 Å². The summed E-state index contributed by atoms with van der Waals surface area (Å²) in [7, 11) is 0. The van der Waals surface area contributed by atoms with Crippen molar-refractivity contribution < 1.29 is 5.11 Å². The van der Waals surface area contributed by atoms with Crippen molar-refractivity contribution in [2.45, 2.75) is 5.60 Å². The number of pyridine rings is 1. The molecule has 2 rings (SSSR count).